The molecule has 0 aromatic heterocycles. The van der Waals surface area contributed by atoms with E-state index in [0.29, 0.717) is 15.6 Å². The summed E-state index contributed by atoms with van der Waals surface area (Å²) in [6, 6.07) is 4.82. The van der Waals surface area contributed by atoms with Gasteiger partial charge in [0.1, 0.15) is 0 Å². The van der Waals surface area contributed by atoms with Crippen LogP contribution < -0.4 is 5.11 Å². The largest absolute Gasteiger partial charge is 0.851 e. The van der Waals surface area contributed by atoms with Gasteiger partial charge in [-0.3, -0.25) is 0 Å². The molecule has 1 aromatic rings. The minimum absolute atomic E-state index is 0.278. The van der Waals surface area contributed by atoms with E-state index in [9.17, 15) is 5.11 Å². The summed E-state index contributed by atoms with van der Waals surface area (Å²) >= 11 is 11.2. The molecule has 0 spiro atoms. The van der Waals surface area contributed by atoms with Crippen LogP contribution >= 0.6 is 23.2 Å². The van der Waals surface area contributed by atoms with Gasteiger partial charge in [0.15, 0.2) is 0 Å². The maximum absolute atomic E-state index is 10.3. The third-order valence-corrected chi connectivity index (χ3v) is 1.53. The summed E-state index contributed by atoms with van der Waals surface area (Å²) < 4.78 is 0. The molecule has 0 heterocycles. The zero-order valence-electron chi connectivity index (χ0n) is 5.10. The molecule has 0 bridgehead atoms. The van der Waals surface area contributed by atoms with Gasteiger partial charge in [0.25, 0.3) is 0 Å². The molecule has 0 aliphatic carbocycles. The Balaban J connectivity index is 3.06. The van der Waals surface area contributed by atoms with E-state index in [1.165, 1.54) is 0 Å². The first kappa shape index (κ1) is 7.86. The topological polar surface area (TPSA) is 23.1 Å². The van der Waals surface area contributed by atoms with Crippen molar-refractivity contribution in [1.82, 2.24) is 0 Å². The second-order valence-electron chi connectivity index (χ2n) is 1.92. The van der Waals surface area contributed by atoms with Crippen LogP contribution in [-0.4, -0.2) is 0 Å². The van der Waals surface area contributed by atoms with Crippen molar-refractivity contribution in [2.75, 3.05) is 0 Å². The van der Waals surface area contributed by atoms with Gasteiger partial charge in [0.05, 0.1) is 0 Å². The number of hydrogen-bond donors (Lipinski definition) is 0. The molecule has 1 nitrogen and oxygen atoms in total. The van der Waals surface area contributed by atoms with E-state index in [1.54, 1.807) is 18.2 Å². The summed E-state index contributed by atoms with van der Waals surface area (Å²) in [5.74, 6) is 0. The summed E-state index contributed by atoms with van der Waals surface area (Å²) in [6.45, 7) is -0.278. The van der Waals surface area contributed by atoms with Crippen LogP contribution in [-0.2, 0) is 6.61 Å². The molecule has 0 atom stereocenters. The third kappa shape index (κ3) is 1.87. The quantitative estimate of drug-likeness (QED) is 0.640. The number of halogens is 2. The SMILES string of the molecule is [O-]Cc1cc(Cl)cc(Cl)c1. The molecule has 0 radical (unpaired) electrons. The van der Waals surface area contributed by atoms with Crippen LogP contribution in [0.1, 0.15) is 5.56 Å². The summed E-state index contributed by atoms with van der Waals surface area (Å²) in [5.41, 5.74) is 0.623. The summed E-state index contributed by atoms with van der Waals surface area (Å²) in [7, 11) is 0. The fourth-order valence-corrected chi connectivity index (χ4v) is 1.27. The molecule has 0 fully saturated rings. The van der Waals surface area contributed by atoms with Crippen LogP contribution in [0.25, 0.3) is 0 Å². The van der Waals surface area contributed by atoms with Crippen LogP contribution in [0.15, 0.2) is 18.2 Å². The molecule has 0 saturated carbocycles. The summed E-state index contributed by atoms with van der Waals surface area (Å²) in [4.78, 5) is 0. The zero-order valence-corrected chi connectivity index (χ0v) is 6.62. The fourth-order valence-electron chi connectivity index (χ4n) is 0.694. The van der Waals surface area contributed by atoms with E-state index < -0.39 is 0 Å². The van der Waals surface area contributed by atoms with Gasteiger partial charge in [0, 0.05) is 10.0 Å². The van der Waals surface area contributed by atoms with Gasteiger partial charge in [-0.05, 0) is 18.2 Å². The number of rotatable bonds is 1. The normalized spacial score (nSPS) is 9.90. The summed E-state index contributed by atoms with van der Waals surface area (Å²) in [5, 5.41) is 11.3. The highest BCUT2D eigenvalue weighted by Gasteiger charge is 1.92. The van der Waals surface area contributed by atoms with Crippen molar-refractivity contribution < 1.29 is 5.11 Å². The van der Waals surface area contributed by atoms with Gasteiger partial charge in [-0.1, -0.05) is 28.8 Å². The molecule has 0 N–H and O–H groups in total. The van der Waals surface area contributed by atoms with Crippen LogP contribution in [0.5, 0.6) is 0 Å². The molecular weight excluding hydrogens is 171 g/mol. The lowest BCUT2D eigenvalue weighted by Gasteiger charge is -2.04. The second kappa shape index (κ2) is 3.24. The predicted molar refractivity (Wildman–Crippen MR) is 40.2 cm³/mol. The molecule has 1 aromatic carbocycles. The van der Waals surface area contributed by atoms with Gasteiger partial charge < -0.3 is 5.11 Å². The van der Waals surface area contributed by atoms with Gasteiger partial charge >= 0.3 is 0 Å². The fraction of sp³-hybridized carbons (Fsp3) is 0.143. The van der Waals surface area contributed by atoms with Crippen molar-refractivity contribution in [3.05, 3.63) is 33.8 Å². The maximum Gasteiger partial charge on any atom is 0.0423 e. The maximum atomic E-state index is 10.3. The average molecular weight is 176 g/mol. The van der Waals surface area contributed by atoms with Gasteiger partial charge in [-0.25, -0.2) is 0 Å². The molecule has 0 amide bonds. The molecule has 0 unspecified atom stereocenters. The minimum Gasteiger partial charge on any atom is -0.851 e. The monoisotopic (exact) mass is 175 g/mol. The van der Waals surface area contributed by atoms with E-state index >= 15 is 0 Å². The van der Waals surface area contributed by atoms with Crippen molar-refractivity contribution in [1.29, 1.82) is 0 Å². The Kier molecular flexibility index (Phi) is 2.55. The summed E-state index contributed by atoms with van der Waals surface area (Å²) in [6.07, 6.45) is 0. The number of hydrogen-bond acceptors (Lipinski definition) is 1. The first-order chi connectivity index (χ1) is 4.72. The highest BCUT2D eigenvalue weighted by Crippen LogP contribution is 2.18. The first-order valence-electron chi connectivity index (χ1n) is 2.75. The van der Waals surface area contributed by atoms with Crippen LogP contribution in [0, 0.1) is 0 Å². The van der Waals surface area contributed by atoms with Crippen molar-refractivity contribution >= 4 is 23.2 Å². The molecule has 10 heavy (non-hydrogen) atoms. The molecule has 0 aliphatic heterocycles. The van der Waals surface area contributed by atoms with Gasteiger partial charge in [-0.15, -0.1) is 6.61 Å². The molecule has 0 aliphatic rings. The highest BCUT2D eigenvalue weighted by molar-refractivity contribution is 6.34. The smallest absolute Gasteiger partial charge is 0.0423 e. The Hall–Kier alpha value is -0.240. The molecule has 3 heteroatoms. The Morgan fingerprint density at radius 2 is 1.60 bits per heavy atom. The van der Waals surface area contributed by atoms with Crippen LogP contribution in [0.3, 0.4) is 0 Å². The second-order valence-corrected chi connectivity index (χ2v) is 2.79. The highest BCUT2D eigenvalue weighted by atomic mass is 35.5. The van der Waals surface area contributed by atoms with E-state index in [-0.39, 0.29) is 6.61 Å². The van der Waals surface area contributed by atoms with E-state index in [0.717, 1.165) is 0 Å². The zero-order chi connectivity index (χ0) is 7.56. The molecule has 54 valence electrons. The lowest BCUT2D eigenvalue weighted by Crippen LogP contribution is -2.01. The van der Waals surface area contributed by atoms with Crippen LogP contribution in [0.4, 0.5) is 0 Å². The number of benzene rings is 1. The third-order valence-electron chi connectivity index (χ3n) is 1.09. The molecular formula is C7H5Cl2O-. The lowest BCUT2D eigenvalue weighted by atomic mass is 10.2. The van der Waals surface area contributed by atoms with Crippen molar-refractivity contribution in [3.63, 3.8) is 0 Å². The van der Waals surface area contributed by atoms with Crippen molar-refractivity contribution in [2.24, 2.45) is 0 Å². The van der Waals surface area contributed by atoms with Gasteiger partial charge in [0.2, 0.25) is 0 Å². The van der Waals surface area contributed by atoms with E-state index in [2.05, 4.69) is 0 Å². The molecule has 0 saturated heterocycles. The van der Waals surface area contributed by atoms with Crippen molar-refractivity contribution in [3.8, 4) is 0 Å². The first-order valence-corrected chi connectivity index (χ1v) is 3.51. The predicted octanol–water partition coefficient (Wildman–Crippen LogP) is 1.85. The average Bonchev–Trinajstić information content (AvgIpc) is 1.85. The minimum atomic E-state index is -0.278. The Morgan fingerprint density at radius 1 is 1.10 bits per heavy atom. The van der Waals surface area contributed by atoms with E-state index in [4.69, 9.17) is 23.2 Å². The lowest BCUT2D eigenvalue weighted by molar-refractivity contribution is -0.386. The van der Waals surface area contributed by atoms with E-state index in [1.807, 2.05) is 0 Å². The Bertz CT molecular complexity index is 215. The van der Waals surface area contributed by atoms with Crippen molar-refractivity contribution in [2.45, 2.75) is 6.61 Å². The Labute approximate surface area is 69.2 Å². The van der Waals surface area contributed by atoms with Gasteiger partial charge in [-0.2, -0.15) is 0 Å². The molecule has 1 rings (SSSR count). The Morgan fingerprint density at radius 3 is 2.00 bits per heavy atom. The standard InChI is InChI=1S/C7H5Cl2O/c8-6-1-5(4-10)2-7(9)3-6/h1-3H,4H2/q-1. The van der Waals surface area contributed by atoms with Crippen LogP contribution in [0.2, 0.25) is 10.0 Å².